The lowest BCUT2D eigenvalue weighted by Crippen LogP contribution is -3.00. The molecule has 0 saturated carbocycles. The molecule has 0 radical (unpaired) electrons. The van der Waals surface area contributed by atoms with Gasteiger partial charge in [0.25, 0.3) is 0 Å². The van der Waals surface area contributed by atoms with E-state index in [0.717, 1.165) is 30.7 Å². The molecule has 32 heavy (non-hydrogen) atoms. The van der Waals surface area contributed by atoms with Gasteiger partial charge in [-0.25, -0.2) is 0 Å². The van der Waals surface area contributed by atoms with Gasteiger partial charge < -0.3 is 27.1 Å². The van der Waals surface area contributed by atoms with Crippen molar-refractivity contribution in [2.24, 2.45) is 0 Å². The highest BCUT2D eigenvalue weighted by Gasteiger charge is 2.25. The van der Waals surface area contributed by atoms with Gasteiger partial charge in [0.05, 0.1) is 26.3 Å². The minimum atomic E-state index is 0. The van der Waals surface area contributed by atoms with Crippen LogP contribution in [0.15, 0.2) is 12.2 Å². The van der Waals surface area contributed by atoms with Crippen molar-refractivity contribution in [3.8, 4) is 0 Å². The lowest BCUT2D eigenvalue weighted by atomic mass is 10.1. The number of quaternary nitrogens is 1. The Balaban J connectivity index is 0. The van der Waals surface area contributed by atoms with Crippen LogP contribution in [0.3, 0.4) is 0 Å². The number of aliphatic hydroxyl groups excluding tert-OH is 2. The van der Waals surface area contributed by atoms with Crippen molar-refractivity contribution in [2.45, 2.75) is 129 Å². The van der Waals surface area contributed by atoms with Gasteiger partial charge >= 0.3 is 0 Å². The Hall–Kier alpha value is -0.0900. The van der Waals surface area contributed by atoms with Crippen LogP contribution in [-0.2, 0) is 0 Å². The van der Waals surface area contributed by atoms with E-state index in [1.165, 1.54) is 116 Å². The third-order valence-corrected chi connectivity index (χ3v) is 6.78. The summed E-state index contributed by atoms with van der Waals surface area (Å²) in [5.41, 5.74) is 0. The van der Waals surface area contributed by atoms with Crippen LogP contribution >= 0.6 is 0 Å². The van der Waals surface area contributed by atoms with Gasteiger partial charge in [-0.3, -0.25) is 0 Å². The molecule has 0 amide bonds. The van der Waals surface area contributed by atoms with E-state index in [0.29, 0.717) is 0 Å². The Morgan fingerprint density at radius 2 is 0.812 bits per heavy atom. The average Bonchev–Trinajstić information content (AvgIpc) is 2.77. The van der Waals surface area contributed by atoms with E-state index in [4.69, 9.17) is 0 Å². The quantitative estimate of drug-likeness (QED) is 0.117. The molecule has 0 aromatic heterocycles. The van der Waals surface area contributed by atoms with Crippen molar-refractivity contribution in [1.29, 1.82) is 0 Å². The number of aliphatic hydroxyl groups is 2. The lowest BCUT2D eigenvalue weighted by Gasteiger charge is -2.38. The smallest absolute Gasteiger partial charge is 0.102 e. The normalized spacial score (nSPS) is 11.9. The summed E-state index contributed by atoms with van der Waals surface area (Å²) in [6.07, 6.45) is 28.6. The number of hydrogen-bond acceptors (Lipinski definition) is 2. The van der Waals surface area contributed by atoms with Gasteiger partial charge in [-0.05, 0) is 51.4 Å². The van der Waals surface area contributed by atoms with E-state index in [1.807, 2.05) is 0 Å². The second kappa shape index (κ2) is 27.2. The monoisotopic (exact) mass is 475 g/mol. The molecule has 2 N–H and O–H groups in total. The molecule has 0 aliphatic heterocycles. The van der Waals surface area contributed by atoms with Gasteiger partial charge in [-0.1, -0.05) is 90.2 Å². The maximum Gasteiger partial charge on any atom is 0.102 e. The third kappa shape index (κ3) is 21.7. The summed E-state index contributed by atoms with van der Waals surface area (Å²) in [6.45, 7) is 8.84. The molecule has 0 aromatic carbocycles. The second-order valence-electron chi connectivity index (χ2n) is 9.68. The number of allylic oxidation sites excluding steroid dienone is 2. The standard InChI is InChI=1S/C28H58NO2.ClH/c1-3-5-7-9-10-11-12-13-14-15-16-17-18-19-20-22-24-29(25-27-30,26-28-31)23-21-8-6-4-2;/h13-14,30-31H,3-12,15-28H2,1-2H3;1H/q+1;/p-1/b14-13-;. The molecule has 0 unspecified atom stereocenters. The summed E-state index contributed by atoms with van der Waals surface area (Å²) in [5.74, 6) is 0. The molecular weight excluding hydrogens is 418 g/mol. The van der Waals surface area contributed by atoms with Crippen molar-refractivity contribution < 1.29 is 27.1 Å². The summed E-state index contributed by atoms with van der Waals surface area (Å²) in [7, 11) is 0. The van der Waals surface area contributed by atoms with Crippen LogP contribution in [0.2, 0.25) is 0 Å². The van der Waals surface area contributed by atoms with E-state index in [2.05, 4.69) is 26.0 Å². The molecule has 0 bridgehead atoms. The van der Waals surface area contributed by atoms with E-state index in [1.54, 1.807) is 0 Å². The fourth-order valence-electron chi connectivity index (χ4n) is 4.66. The number of halogens is 1. The summed E-state index contributed by atoms with van der Waals surface area (Å²) in [4.78, 5) is 0. The molecule has 0 atom stereocenters. The molecule has 4 heteroatoms. The maximum atomic E-state index is 9.56. The molecule has 0 saturated heterocycles. The van der Waals surface area contributed by atoms with Gasteiger partial charge in [0.1, 0.15) is 13.1 Å². The largest absolute Gasteiger partial charge is 1.00 e. The first-order chi connectivity index (χ1) is 15.2. The highest BCUT2D eigenvalue weighted by Crippen LogP contribution is 2.15. The first-order valence-electron chi connectivity index (χ1n) is 14.0. The molecule has 0 heterocycles. The van der Waals surface area contributed by atoms with Crippen LogP contribution < -0.4 is 12.4 Å². The summed E-state index contributed by atoms with van der Waals surface area (Å²) in [6, 6.07) is 0. The van der Waals surface area contributed by atoms with Crippen LogP contribution in [0.1, 0.15) is 129 Å². The average molecular weight is 476 g/mol. The molecule has 0 aromatic rings. The maximum absolute atomic E-state index is 9.56. The first-order valence-corrected chi connectivity index (χ1v) is 14.0. The van der Waals surface area contributed by atoms with E-state index >= 15 is 0 Å². The molecule has 0 aliphatic carbocycles. The fourth-order valence-corrected chi connectivity index (χ4v) is 4.66. The van der Waals surface area contributed by atoms with Gasteiger partial charge in [0, 0.05) is 0 Å². The highest BCUT2D eigenvalue weighted by atomic mass is 35.5. The van der Waals surface area contributed by atoms with Gasteiger partial charge in [0.15, 0.2) is 0 Å². The lowest BCUT2D eigenvalue weighted by molar-refractivity contribution is -0.929. The van der Waals surface area contributed by atoms with E-state index < -0.39 is 0 Å². The van der Waals surface area contributed by atoms with Crippen molar-refractivity contribution in [1.82, 2.24) is 0 Å². The van der Waals surface area contributed by atoms with Gasteiger partial charge in [-0.15, -0.1) is 0 Å². The summed E-state index contributed by atoms with van der Waals surface area (Å²) < 4.78 is 0.917. The molecule has 0 aliphatic rings. The Morgan fingerprint density at radius 1 is 0.469 bits per heavy atom. The van der Waals surface area contributed by atoms with Crippen LogP contribution in [0.5, 0.6) is 0 Å². The number of rotatable bonds is 25. The molecule has 0 fully saturated rings. The van der Waals surface area contributed by atoms with E-state index in [9.17, 15) is 10.2 Å². The third-order valence-electron chi connectivity index (χ3n) is 6.78. The van der Waals surface area contributed by atoms with E-state index in [-0.39, 0.29) is 25.6 Å². The highest BCUT2D eigenvalue weighted by molar-refractivity contribution is 4.81. The Morgan fingerprint density at radius 3 is 1.22 bits per heavy atom. The minimum absolute atomic E-state index is 0. The second-order valence-corrected chi connectivity index (χ2v) is 9.68. The van der Waals surface area contributed by atoms with Crippen LogP contribution in [-0.4, -0.2) is 54.1 Å². The Bertz CT molecular complexity index is 370. The first kappa shape index (κ1) is 34.1. The molecule has 194 valence electrons. The molecular formula is C28H58ClNO2. The summed E-state index contributed by atoms with van der Waals surface area (Å²) >= 11 is 0. The Labute approximate surface area is 208 Å². The van der Waals surface area contributed by atoms with Gasteiger partial charge in [0.2, 0.25) is 0 Å². The molecule has 3 nitrogen and oxygen atoms in total. The fraction of sp³-hybridized carbons (Fsp3) is 0.929. The van der Waals surface area contributed by atoms with Crippen LogP contribution in [0.4, 0.5) is 0 Å². The van der Waals surface area contributed by atoms with Crippen molar-refractivity contribution in [3.05, 3.63) is 12.2 Å². The predicted molar refractivity (Wildman–Crippen MR) is 137 cm³/mol. The van der Waals surface area contributed by atoms with Crippen molar-refractivity contribution >= 4 is 0 Å². The van der Waals surface area contributed by atoms with Crippen LogP contribution in [0, 0.1) is 0 Å². The van der Waals surface area contributed by atoms with Crippen molar-refractivity contribution in [3.63, 3.8) is 0 Å². The topological polar surface area (TPSA) is 40.5 Å². The van der Waals surface area contributed by atoms with Crippen LogP contribution in [0.25, 0.3) is 0 Å². The van der Waals surface area contributed by atoms with Gasteiger partial charge in [-0.2, -0.15) is 0 Å². The number of unbranched alkanes of at least 4 members (excludes halogenated alkanes) is 15. The zero-order chi connectivity index (χ0) is 22.9. The number of nitrogens with zero attached hydrogens (tertiary/aromatic N) is 1. The zero-order valence-corrected chi connectivity index (χ0v) is 22.6. The zero-order valence-electron chi connectivity index (χ0n) is 21.8. The molecule has 0 spiro atoms. The number of hydrogen-bond donors (Lipinski definition) is 2. The minimum Gasteiger partial charge on any atom is -1.00 e. The Kier molecular flexibility index (Phi) is 28.9. The SMILES string of the molecule is CCCCCCCC/C=C\CCCCCCCC[N+](CCO)(CCO)CCCCCC.[Cl-]. The summed E-state index contributed by atoms with van der Waals surface area (Å²) in [5, 5.41) is 19.1. The van der Waals surface area contributed by atoms with Crippen molar-refractivity contribution in [2.75, 3.05) is 39.4 Å². The predicted octanol–water partition coefficient (Wildman–Crippen LogP) is 4.41. The molecule has 0 rings (SSSR count).